The van der Waals surface area contributed by atoms with Crippen LogP contribution in [0.1, 0.15) is 11.1 Å². The van der Waals surface area contributed by atoms with Gasteiger partial charge in [0.05, 0.1) is 24.7 Å². The number of nitrogens with zero attached hydrogens (tertiary/aromatic N) is 4. The Morgan fingerprint density at radius 1 is 0.960 bits per heavy atom. The van der Waals surface area contributed by atoms with Gasteiger partial charge in [0.15, 0.2) is 0 Å². The molecule has 0 radical (unpaired) electrons. The van der Waals surface area contributed by atoms with Gasteiger partial charge in [-0.3, -0.25) is 4.98 Å². The third kappa shape index (κ3) is 2.63. The number of hydrogen-bond donors (Lipinski definition) is 0. The number of fused-ring (bicyclic) bond motifs is 1. The smallest absolute Gasteiger partial charge is 0.124 e. The zero-order valence-electron chi connectivity index (χ0n) is 14.4. The first-order valence-electron chi connectivity index (χ1n) is 8.08. The van der Waals surface area contributed by atoms with Crippen LogP contribution in [0.3, 0.4) is 0 Å². The predicted octanol–water partition coefficient (Wildman–Crippen LogP) is 4.11. The first-order valence-corrected chi connectivity index (χ1v) is 8.08. The van der Waals surface area contributed by atoms with E-state index in [2.05, 4.69) is 53.4 Å². The highest BCUT2D eigenvalue weighted by Gasteiger charge is 2.12. The topological polar surface area (TPSA) is 52.8 Å². The van der Waals surface area contributed by atoms with Crippen molar-refractivity contribution in [3.63, 3.8) is 0 Å². The first-order chi connectivity index (χ1) is 12.2. The number of aromatic nitrogens is 4. The number of benzene rings is 2. The molecule has 5 heteroatoms. The Hall–Kier alpha value is -3.21. The normalized spacial score (nSPS) is 11.0. The number of methoxy groups -OCH3 is 1. The van der Waals surface area contributed by atoms with Crippen LogP contribution in [0.25, 0.3) is 27.7 Å². The Morgan fingerprint density at radius 3 is 2.68 bits per heavy atom. The average Bonchev–Trinajstić information content (AvgIpc) is 3.13. The fourth-order valence-corrected chi connectivity index (χ4v) is 3.01. The predicted molar refractivity (Wildman–Crippen MR) is 98.1 cm³/mol. The molecule has 0 amide bonds. The summed E-state index contributed by atoms with van der Waals surface area (Å²) in [5.74, 6) is 0.846. The van der Waals surface area contributed by atoms with Crippen LogP contribution in [0.15, 0.2) is 55.0 Å². The van der Waals surface area contributed by atoms with Gasteiger partial charge >= 0.3 is 0 Å². The number of hydrogen-bond acceptors (Lipinski definition) is 4. The van der Waals surface area contributed by atoms with Gasteiger partial charge in [0.2, 0.25) is 0 Å². The zero-order valence-corrected chi connectivity index (χ0v) is 14.4. The molecule has 0 aliphatic heterocycles. The average molecular weight is 330 g/mol. The van der Waals surface area contributed by atoms with Gasteiger partial charge in [-0.05, 0) is 48.6 Å². The van der Waals surface area contributed by atoms with Gasteiger partial charge in [0.25, 0.3) is 0 Å². The van der Waals surface area contributed by atoms with E-state index >= 15 is 0 Å². The van der Waals surface area contributed by atoms with Crippen LogP contribution in [0.5, 0.6) is 5.75 Å². The fraction of sp³-hybridized carbons (Fsp3) is 0.150. The number of ether oxygens (including phenoxy) is 1. The Balaban J connectivity index is 1.87. The molecule has 0 spiro atoms. The second kappa shape index (κ2) is 6.02. The molecule has 0 bridgehead atoms. The van der Waals surface area contributed by atoms with E-state index in [-0.39, 0.29) is 0 Å². The molecule has 2 aromatic carbocycles. The zero-order chi connectivity index (χ0) is 17.4. The molecule has 0 fully saturated rings. The van der Waals surface area contributed by atoms with Crippen LogP contribution in [0.2, 0.25) is 0 Å². The SMILES string of the molecule is COc1cc(-n2nncc2-c2ccc3ccncc3c2)cc(C)c1C. The number of rotatable bonds is 3. The van der Waals surface area contributed by atoms with Crippen LogP contribution in [-0.2, 0) is 0 Å². The molecule has 2 heterocycles. The molecule has 0 N–H and O–H groups in total. The summed E-state index contributed by atoms with van der Waals surface area (Å²) in [7, 11) is 1.68. The summed E-state index contributed by atoms with van der Waals surface area (Å²) in [5.41, 5.74) is 5.18. The minimum absolute atomic E-state index is 0.846. The second-order valence-electron chi connectivity index (χ2n) is 6.06. The Kier molecular flexibility index (Phi) is 3.69. The van der Waals surface area contributed by atoms with Crippen molar-refractivity contribution in [2.45, 2.75) is 13.8 Å². The number of pyridine rings is 1. The van der Waals surface area contributed by atoms with Crippen molar-refractivity contribution >= 4 is 10.8 Å². The van der Waals surface area contributed by atoms with Gasteiger partial charge in [-0.25, -0.2) is 4.68 Å². The highest BCUT2D eigenvalue weighted by Crippen LogP contribution is 2.29. The quantitative estimate of drug-likeness (QED) is 0.567. The van der Waals surface area contributed by atoms with Gasteiger partial charge < -0.3 is 4.74 Å². The van der Waals surface area contributed by atoms with Crippen molar-refractivity contribution in [3.8, 4) is 22.7 Å². The van der Waals surface area contributed by atoms with Crippen LogP contribution < -0.4 is 4.74 Å². The Bertz CT molecular complexity index is 1070. The van der Waals surface area contributed by atoms with Gasteiger partial charge in [-0.2, -0.15) is 0 Å². The molecule has 4 aromatic rings. The van der Waals surface area contributed by atoms with Gasteiger partial charge in [0, 0.05) is 29.4 Å². The van der Waals surface area contributed by atoms with E-state index in [0.29, 0.717) is 0 Å². The van der Waals surface area contributed by atoms with Crippen LogP contribution in [-0.4, -0.2) is 27.1 Å². The van der Waals surface area contributed by atoms with Crippen LogP contribution in [0.4, 0.5) is 0 Å². The monoisotopic (exact) mass is 330 g/mol. The molecule has 0 aliphatic carbocycles. The molecule has 0 aliphatic rings. The lowest BCUT2D eigenvalue weighted by molar-refractivity contribution is 0.411. The molecule has 0 unspecified atom stereocenters. The van der Waals surface area contributed by atoms with Crippen molar-refractivity contribution in [2.24, 2.45) is 0 Å². The van der Waals surface area contributed by atoms with Crippen molar-refractivity contribution in [3.05, 3.63) is 66.1 Å². The molecule has 0 saturated heterocycles. The lowest BCUT2D eigenvalue weighted by atomic mass is 10.1. The minimum atomic E-state index is 0.846. The van der Waals surface area contributed by atoms with Crippen molar-refractivity contribution in [1.29, 1.82) is 0 Å². The Labute approximate surface area is 145 Å². The lowest BCUT2D eigenvalue weighted by Gasteiger charge is -2.13. The van der Waals surface area contributed by atoms with E-state index in [0.717, 1.165) is 44.6 Å². The van der Waals surface area contributed by atoms with E-state index in [9.17, 15) is 0 Å². The summed E-state index contributed by atoms with van der Waals surface area (Å²) < 4.78 is 7.34. The van der Waals surface area contributed by atoms with E-state index in [4.69, 9.17) is 4.74 Å². The first kappa shape index (κ1) is 15.3. The summed E-state index contributed by atoms with van der Waals surface area (Å²) in [6.07, 6.45) is 5.44. The summed E-state index contributed by atoms with van der Waals surface area (Å²) in [4.78, 5) is 4.21. The molecule has 2 aromatic heterocycles. The molecular formula is C20H18N4O. The minimum Gasteiger partial charge on any atom is -0.496 e. The maximum Gasteiger partial charge on any atom is 0.124 e. The molecule has 0 atom stereocenters. The van der Waals surface area contributed by atoms with Crippen molar-refractivity contribution in [2.75, 3.05) is 7.11 Å². The van der Waals surface area contributed by atoms with E-state index < -0.39 is 0 Å². The third-order valence-corrected chi connectivity index (χ3v) is 4.55. The maximum atomic E-state index is 5.50. The van der Waals surface area contributed by atoms with Crippen LogP contribution >= 0.6 is 0 Å². The van der Waals surface area contributed by atoms with Gasteiger partial charge in [0.1, 0.15) is 5.75 Å². The molecule has 4 rings (SSSR count). The van der Waals surface area contributed by atoms with E-state index in [1.54, 1.807) is 19.5 Å². The molecule has 124 valence electrons. The Morgan fingerprint density at radius 2 is 1.84 bits per heavy atom. The third-order valence-electron chi connectivity index (χ3n) is 4.55. The van der Waals surface area contributed by atoms with Crippen LogP contribution in [0, 0.1) is 13.8 Å². The maximum absolute atomic E-state index is 5.50. The summed E-state index contributed by atoms with van der Waals surface area (Å²) >= 11 is 0. The summed E-state index contributed by atoms with van der Waals surface area (Å²) in [5, 5.41) is 10.6. The highest BCUT2D eigenvalue weighted by molar-refractivity contribution is 5.86. The summed E-state index contributed by atoms with van der Waals surface area (Å²) in [6, 6.07) is 12.4. The summed E-state index contributed by atoms with van der Waals surface area (Å²) in [6.45, 7) is 4.12. The van der Waals surface area contributed by atoms with Gasteiger partial charge in [-0.1, -0.05) is 17.3 Å². The standard InChI is InChI=1S/C20H18N4O/c1-13-8-18(10-20(25-3)14(13)2)24-19(12-22-23-24)16-5-4-15-6-7-21-11-17(15)9-16/h4-12H,1-3H3. The van der Waals surface area contributed by atoms with Crippen molar-refractivity contribution in [1.82, 2.24) is 20.0 Å². The largest absolute Gasteiger partial charge is 0.496 e. The van der Waals surface area contributed by atoms with Crippen molar-refractivity contribution < 1.29 is 4.74 Å². The molecule has 25 heavy (non-hydrogen) atoms. The number of aryl methyl sites for hydroxylation is 1. The highest BCUT2D eigenvalue weighted by atomic mass is 16.5. The van der Waals surface area contributed by atoms with E-state index in [1.807, 2.05) is 23.0 Å². The van der Waals surface area contributed by atoms with Gasteiger partial charge in [-0.15, -0.1) is 5.10 Å². The molecule has 5 nitrogen and oxygen atoms in total. The molecule has 0 saturated carbocycles. The molecular weight excluding hydrogens is 312 g/mol. The second-order valence-corrected chi connectivity index (χ2v) is 6.06. The van der Waals surface area contributed by atoms with E-state index in [1.165, 1.54) is 0 Å². The fourth-order valence-electron chi connectivity index (χ4n) is 3.01. The lowest BCUT2D eigenvalue weighted by Crippen LogP contribution is -2.02.